The van der Waals surface area contributed by atoms with Gasteiger partial charge in [0.2, 0.25) is 0 Å². The maximum Gasteiger partial charge on any atom is 0.278 e. The van der Waals surface area contributed by atoms with Crippen molar-refractivity contribution in [2.75, 3.05) is 17.5 Å². The lowest BCUT2D eigenvalue weighted by molar-refractivity contribution is -0.119. The summed E-state index contributed by atoms with van der Waals surface area (Å²) in [7, 11) is -4.22. The van der Waals surface area contributed by atoms with E-state index in [0.29, 0.717) is 23.1 Å². The summed E-state index contributed by atoms with van der Waals surface area (Å²) in [6.07, 6.45) is 0. The fourth-order valence-corrected chi connectivity index (χ4v) is 4.80. The van der Waals surface area contributed by atoms with Gasteiger partial charge in [0.25, 0.3) is 15.9 Å². The molecule has 33 heavy (non-hydrogen) atoms. The molecule has 3 rings (SSSR count). The predicted octanol–water partition coefficient (Wildman–Crippen LogP) is 5.66. The molecule has 3 aromatic carbocycles. The molecule has 0 saturated carbocycles. The fraction of sp³-hybridized carbons (Fsp3) is 0.240. The topological polar surface area (TPSA) is 72.9 Å². The summed E-state index contributed by atoms with van der Waals surface area (Å²) in [6.45, 7) is 5.89. The molecule has 0 aromatic heterocycles. The van der Waals surface area contributed by atoms with E-state index in [9.17, 15) is 13.2 Å². The maximum atomic E-state index is 13.5. The zero-order chi connectivity index (χ0) is 24.0. The fourth-order valence-electron chi connectivity index (χ4n) is 3.26. The summed E-state index contributed by atoms with van der Waals surface area (Å²) in [5, 5.41) is 0.390. The van der Waals surface area contributed by atoms with Gasteiger partial charge in [-0.1, -0.05) is 43.6 Å². The Hall–Kier alpha value is -3.03. The molecule has 0 bridgehead atoms. The molecule has 3 aromatic rings. The summed E-state index contributed by atoms with van der Waals surface area (Å²) < 4.78 is 38.9. The number of hydrogen-bond acceptors (Lipinski definition) is 5. The smallest absolute Gasteiger partial charge is 0.278 e. The van der Waals surface area contributed by atoms with Gasteiger partial charge in [-0.05, 0) is 73.0 Å². The highest BCUT2D eigenvalue weighted by molar-refractivity contribution is 7.93. The first kappa shape index (κ1) is 24.6. The highest BCUT2D eigenvalue weighted by Gasteiger charge is 2.31. The number of sulfonamides is 1. The van der Waals surface area contributed by atoms with Crippen LogP contribution in [0, 0.1) is 0 Å². The molecule has 1 amide bonds. The Morgan fingerprint density at radius 3 is 2.18 bits per heavy atom. The Labute approximate surface area is 199 Å². The molecule has 0 saturated heterocycles. The molecule has 0 aliphatic heterocycles. The van der Waals surface area contributed by atoms with Gasteiger partial charge in [0.1, 0.15) is 11.5 Å². The molecule has 0 fully saturated rings. The lowest BCUT2D eigenvalue weighted by Gasteiger charge is -2.23. The van der Waals surface area contributed by atoms with Gasteiger partial charge < -0.3 is 9.47 Å². The van der Waals surface area contributed by atoms with E-state index in [4.69, 9.17) is 21.1 Å². The van der Waals surface area contributed by atoms with Crippen LogP contribution in [0.4, 0.5) is 5.69 Å². The van der Waals surface area contributed by atoms with E-state index in [0.717, 1.165) is 9.87 Å². The third kappa shape index (κ3) is 5.86. The molecule has 0 N–H and O–H groups in total. The van der Waals surface area contributed by atoms with Gasteiger partial charge in [-0.15, -0.1) is 0 Å². The number of para-hydroxylation sites is 1. The van der Waals surface area contributed by atoms with Crippen molar-refractivity contribution < 1.29 is 22.7 Å². The third-order valence-corrected chi connectivity index (χ3v) is 6.87. The number of nitrogens with zero attached hydrogens (tertiary/aromatic N) is 1. The molecule has 0 atom stereocenters. The number of carbonyl (C=O) groups excluding carboxylic acids is 1. The van der Waals surface area contributed by atoms with E-state index in [1.54, 1.807) is 24.3 Å². The van der Waals surface area contributed by atoms with Crippen LogP contribution < -0.4 is 13.8 Å². The Kier molecular flexibility index (Phi) is 8.00. The highest BCUT2D eigenvalue weighted by Crippen LogP contribution is 2.29. The van der Waals surface area contributed by atoms with E-state index in [1.165, 1.54) is 36.4 Å². The molecule has 0 radical (unpaired) electrons. The largest absolute Gasteiger partial charge is 0.494 e. The van der Waals surface area contributed by atoms with Crippen molar-refractivity contribution in [1.82, 2.24) is 0 Å². The first-order valence-corrected chi connectivity index (χ1v) is 12.3. The number of hydrogen-bond donors (Lipinski definition) is 0. The van der Waals surface area contributed by atoms with Crippen molar-refractivity contribution in [3.63, 3.8) is 0 Å². The molecule has 0 spiro atoms. The number of benzene rings is 3. The van der Waals surface area contributed by atoms with Crippen LogP contribution >= 0.6 is 11.6 Å². The van der Waals surface area contributed by atoms with Crippen LogP contribution in [0.2, 0.25) is 5.02 Å². The zero-order valence-electron chi connectivity index (χ0n) is 18.7. The van der Waals surface area contributed by atoms with E-state index in [2.05, 4.69) is 0 Å². The minimum Gasteiger partial charge on any atom is -0.494 e. The Morgan fingerprint density at radius 2 is 1.58 bits per heavy atom. The molecular weight excluding hydrogens is 462 g/mol. The second kappa shape index (κ2) is 10.7. The van der Waals surface area contributed by atoms with Crippen molar-refractivity contribution in [1.29, 1.82) is 0 Å². The predicted molar refractivity (Wildman–Crippen MR) is 130 cm³/mol. The Morgan fingerprint density at radius 1 is 0.939 bits per heavy atom. The molecule has 174 valence electrons. The second-order valence-electron chi connectivity index (χ2n) is 7.53. The summed E-state index contributed by atoms with van der Waals surface area (Å²) >= 11 is 5.92. The molecule has 0 unspecified atom stereocenters. The number of halogens is 1. The van der Waals surface area contributed by atoms with Crippen LogP contribution in [0.25, 0.3) is 0 Å². The van der Waals surface area contributed by atoms with Crippen LogP contribution in [0.5, 0.6) is 11.5 Å². The Balaban J connectivity index is 1.96. The van der Waals surface area contributed by atoms with E-state index >= 15 is 0 Å². The van der Waals surface area contributed by atoms with Crippen LogP contribution in [0.1, 0.15) is 32.3 Å². The van der Waals surface area contributed by atoms with Gasteiger partial charge in [-0.3, -0.25) is 4.79 Å². The average Bonchev–Trinajstić information content (AvgIpc) is 2.79. The number of rotatable bonds is 9. The molecule has 6 nitrogen and oxygen atoms in total. The quantitative estimate of drug-likeness (QED) is 0.389. The van der Waals surface area contributed by atoms with E-state index in [-0.39, 0.29) is 16.5 Å². The summed E-state index contributed by atoms with van der Waals surface area (Å²) in [4.78, 5) is 13.2. The van der Waals surface area contributed by atoms with Gasteiger partial charge in [-0.25, -0.2) is 8.42 Å². The monoisotopic (exact) mass is 487 g/mol. The normalized spacial score (nSPS) is 11.3. The van der Waals surface area contributed by atoms with Crippen LogP contribution in [-0.4, -0.2) is 27.5 Å². The number of anilines is 1. The number of ether oxygens (including phenoxy) is 2. The van der Waals surface area contributed by atoms with Crippen LogP contribution in [0.15, 0.2) is 77.7 Å². The number of carbonyl (C=O) groups is 1. The lowest BCUT2D eigenvalue weighted by Crippen LogP contribution is -2.40. The minimum absolute atomic E-state index is 0.0586. The van der Waals surface area contributed by atoms with Crippen LogP contribution in [0.3, 0.4) is 0 Å². The van der Waals surface area contributed by atoms with Gasteiger partial charge in [0, 0.05) is 5.02 Å². The third-order valence-electron chi connectivity index (χ3n) is 4.85. The average molecular weight is 488 g/mol. The van der Waals surface area contributed by atoms with Crippen molar-refractivity contribution in [3.8, 4) is 11.5 Å². The second-order valence-corrected chi connectivity index (χ2v) is 9.75. The SMILES string of the molecule is CCOc1ccc(N(C(=O)COc2ccccc2C(C)C)S(=O)(=O)c2ccc(Cl)cc2)cc1. The first-order chi connectivity index (χ1) is 15.7. The molecular formula is C25H26ClNO5S. The van der Waals surface area contributed by atoms with E-state index < -0.39 is 22.5 Å². The highest BCUT2D eigenvalue weighted by atomic mass is 35.5. The molecule has 0 aliphatic rings. The summed E-state index contributed by atoms with van der Waals surface area (Å²) in [5.41, 5.74) is 1.11. The zero-order valence-corrected chi connectivity index (χ0v) is 20.3. The van der Waals surface area contributed by atoms with E-state index in [1.807, 2.05) is 32.9 Å². The summed E-state index contributed by atoms with van der Waals surface area (Å²) in [6, 6.07) is 19.3. The van der Waals surface area contributed by atoms with Crippen LogP contribution in [-0.2, 0) is 14.8 Å². The maximum absolute atomic E-state index is 13.5. The molecule has 0 aliphatic carbocycles. The van der Waals surface area contributed by atoms with Gasteiger partial charge >= 0.3 is 0 Å². The summed E-state index contributed by atoms with van der Waals surface area (Å²) in [5.74, 6) is 0.556. The van der Waals surface area contributed by atoms with Gasteiger partial charge in [-0.2, -0.15) is 4.31 Å². The Bertz CT molecular complexity index is 1190. The van der Waals surface area contributed by atoms with Gasteiger partial charge in [0.05, 0.1) is 17.2 Å². The van der Waals surface area contributed by atoms with Gasteiger partial charge in [0.15, 0.2) is 6.61 Å². The van der Waals surface area contributed by atoms with Crippen molar-refractivity contribution in [2.24, 2.45) is 0 Å². The van der Waals surface area contributed by atoms with Crippen molar-refractivity contribution in [2.45, 2.75) is 31.6 Å². The van der Waals surface area contributed by atoms with Crippen molar-refractivity contribution in [3.05, 3.63) is 83.4 Å². The minimum atomic E-state index is -4.22. The lowest BCUT2D eigenvalue weighted by atomic mass is 10.0. The first-order valence-electron chi connectivity index (χ1n) is 10.5. The molecule has 8 heteroatoms. The standard InChI is InChI=1S/C25H26ClNO5S/c1-4-31-21-13-11-20(12-14-21)27(33(29,30)22-15-9-19(26)10-16-22)25(28)17-32-24-8-6-5-7-23(24)18(2)3/h5-16,18H,4,17H2,1-3H3. The number of amides is 1. The molecule has 0 heterocycles. The van der Waals surface area contributed by atoms with Crippen molar-refractivity contribution >= 4 is 33.2 Å².